The Morgan fingerprint density at radius 3 is 2.47 bits per heavy atom. The third-order valence-electron chi connectivity index (χ3n) is 4.58. The summed E-state index contributed by atoms with van der Waals surface area (Å²) in [7, 11) is 0. The van der Waals surface area contributed by atoms with Crippen LogP contribution in [0.3, 0.4) is 0 Å². The van der Waals surface area contributed by atoms with Crippen LogP contribution in [-0.4, -0.2) is 31.1 Å². The minimum Gasteiger partial charge on any atom is -0.486 e. The number of nitrogens with one attached hydrogen (secondary N) is 2. The fourth-order valence-electron chi connectivity index (χ4n) is 3.12. The fourth-order valence-corrected chi connectivity index (χ4v) is 3.62. The van der Waals surface area contributed by atoms with Crippen LogP contribution in [-0.2, 0) is 11.3 Å². The summed E-state index contributed by atoms with van der Waals surface area (Å²) in [6.07, 6.45) is 0.490. The van der Waals surface area contributed by atoms with Gasteiger partial charge in [-0.15, -0.1) is 0 Å². The Balaban J connectivity index is 1.65. The number of ether oxygens (including phenoxy) is 2. The van der Waals surface area contributed by atoms with Crippen LogP contribution in [0.25, 0.3) is 0 Å². The lowest BCUT2D eigenvalue weighted by Crippen LogP contribution is -2.47. The normalized spacial score (nSPS) is 13.6. The molecule has 0 saturated heterocycles. The van der Waals surface area contributed by atoms with Gasteiger partial charge < -0.3 is 20.1 Å². The summed E-state index contributed by atoms with van der Waals surface area (Å²) >= 11 is 12.0. The number of rotatable bonds is 7. The lowest BCUT2D eigenvalue weighted by atomic mass is 10.0. The van der Waals surface area contributed by atoms with Crippen LogP contribution in [0.1, 0.15) is 36.2 Å². The van der Waals surface area contributed by atoms with Gasteiger partial charge in [-0.25, -0.2) is 0 Å². The smallest absolute Gasteiger partial charge is 0.253 e. The Kier molecular flexibility index (Phi) is 7.45. The Bertz CT molecular complexity index is 933. The van der Waals surface area contributed by atoms with E-state index in [1.54, 1.807) is 12.1 Å². The minimum atomic E-state index is -0.693. The molecule has 1 atom stereocenters. The lowest BCUT2D eigenvalue weighted by Gasteiger charge is -2.21. The van der Waals surface area contributed by atoms with Crippen LogP contribution in [0.2, 0.25) is 10.0 Å². The van der Waals surface area contributed by atoms with Crippen LogP contribution in [0.5, 0.6) is 11.5 Å². The van der Waals surface area contributed by atoms with Crippen molar-refractivity contribution in [2.75, 3.05) is 13.2 Å². The first kappa shape index (κ1) is 22.2. The molecule has 2 amide bonds. The highest BCUT2D eigenvalue weighted by atomic mass is 35.5. The molecule has 0 radical (unpaired) electrons. The highest BCUT2D eigenvalue weighted by Crippen LogP contribution is 2.30. The molecule has 1 heterocycles. The van der Waals surface area contributed by atoms with Crippen molar-refractivity contribution in [3.8, 4) is 11.5 Å². The zero-order valence-electron chi connectivity index (χ0n) is 16.8. The Labute approximate surface area is 185 Å². The molecule has 0 fully saturated rings. The minimum absolute atomic E-state index is 0.205. The van der Waals surface area contributed by atoms with Gasteiger partial charge in [-0.2, -0.15) is 0 Å². The topological polar surface area (TPSA) is 76.7 Å². The summed E-state index contributed by atoms with van der Waals surface area (Å²) in [5.74, 6) is 0.878. The summed E-state index contributed by atoms with van der Waals surface area (Å²) in [6.45, 7) is 5.31. The number of halogens is 2. The fraction of sp³-hybridized carbons (Fsp3) is 0.364. The molecule has 6 nitrogen and oxygen atoms in total. The summed E-state index contributed by atoms with van der Waals surface area (Å²) in [6, 6.07) is 9.47. The highest BCUT2D eigenvalue weighted by molar-refractivity contribution is 6.36. The number of carbonyl (C=O) groups is 2. The molecule has 0 bridgehead atoms. The predicted octanol–water partition coefficient (Wildman–Crippen LogP) is 4.23. The maximum atomic E-state index is 12.8. The summed E-state index contributed by atoms with van der Waals surface area (Å²) < 4.78 is 11.1. The van der Waals surface area contributed by atoms with Gasteiger partial charge in [0.05, 0.1) is 10.6 Å². The van der Waals surface area contributed by atoms with Gasteiger partial charge in [0.2, 0.25) is 5.91 Å². The Hall–Kier alpha value is -2.44. The van der Waals surface area contributed by atoms with E-state index in [2.05, 4.69) is 10.6 Å². The van der Waals surface area contributed by atoms with Gasteiger partial charge >= 0.3 is 0 Å². The molecule has 0 aliphatic carbocycles. The summed E-state index contributed by atoms with van der Waals surface area (Å²) in [4.78, 5) is 25.5. The van der Waals surface area contributed by atoms with Crippen LogP contribution >= 0.6 is 23.2 Å². The Morgan fingerprint density at radius 2 is 1.77 bits per heavy atom. The number of benzene rings is 2. The van der Waals surface area contributed by atoms with Crippen molar-refractivity contribution in [2.24, 2.45) is 5.92 Å². The molecule has 0 spiro atoms. The van der Waals surface area contributed by atoms with Gasteiger partial charge in [-0.05, 0) is 48.2 Å². The van der Waals surface area contributed by atoms with Crippen molar-refractivity contribution in [3.05, 3.63) is 57.6 Å². The first-order valence-electron chi connectivity index (χ1n) is 9.75. The molecular formula is C22H24Cl2N2O4. The highest BCUT2D eigenvalue weighted by Gasteiger charge is 2.23. The second-order valence-electron chi connectivity index (χ2n) is 7.48. The molecule has 2 aromatic carbocycles. The van der Waals surface area contributed by atoms with Crippen molar-refractivity contribution in [2.45, 2.75) is 32.9 Å². The van der Waals surface area contributed by atoms with Crippen LogP contribution < -0.4 is 20.1 Å². The first-order chi connectivity index (χ1) is 14.3. The molecule has 1 aliphatic heterocycles. The predicted molar refractivity (Wildman–Crippen MR) is 116 cm³/mol. The molecule has 2 aromatic rings. The van der Waals surface area contributed by atoms with E-state index in [9.17, 15) is 9.59 Å². The van der Waals surface area contributed by atoms with E-state index in [0.717, 1.165) is 5.56 Å². The van der Waals surface area contributed by atoms with Crippen molar-refractivity contribution in [1.82, 2.24) is 10.6 Å². The van der Waals surface area contributed by atoms with Gasteiger partial charge in [0.15, 0.2) is 11.5 Å². The van der Waals surface area contributed by atoms with Crippen molar-refractivity contribution >= 4 is 35.0 Å². The van der Waals surface area contributed by atoms with Crippen molar-refractivity contribution < 1.29 is 19.1 Å². The molecule has 1 aliphatic rings. The van der Waals surface area contributed by atoms with Gasteiger partial charge in [-0.3, -0.25) is 9.59 Å². The van der Waals surface area contributed by atoms with Crippen LogP contribution in [0.15, 0.2) is 36.4 Å². The van der Waals surface area contributed by atoms with Gasteiger partial charge in [0, 0.05) is 11.6 Å². The monoisotopic (exact) mass is 450 g/mol. The van der Waals surface area contributed by atoms with Crippen LogP contribution in [0, 0.1) is 5.92 Å². The quantitative estimate of drug-likeness (QED) is 0.661. The summed E-state index contributed by atoms with van der Waals surface area (Å²) in [5, 5.41) is 6.35. The van der Waals surface area contributed by atoms with Crippen LogP contribution in [0.4, 0.5) is 0 Å². The second kappa shape index (κ2) is 10.0. The standard InChI is InChI=1S/C22H24Cl2N2O4/c1-13(2)9-18(26-21(27)16-5-4-15(23)11-17(16)24)22(28)25-12-14-3-6-19-20(10-14)30-8-7-29-19/h3-6,10-11,13,18H,7-9,12H2,1-2H3,(H,25,28)(H,26,27). The van der Waals surface area contributed by atoms with E-state index in [1.807, 2.05) is 32.0 Å². The van der Waals surface area contributed by atoms with Gasteiger partial charge in [-0.1, -0.05) is 43.1 Å². The molecule has 0 saturated carbocycles. The number of amides is 2. The van der Waals surface area contributed by atoms with E-state index in [1.165, 1.54) is 6.07 Å². The first-order valence-corrected chi connectivity index (χ1v) is 10.5. The maximum absolute atomic E-state index is 12.8. The van der Waals surface area contributed by atoms with E-state index < -0.39 is 11.9 Å². The third kappa shape index (κ3) is 5.80. The third-order valence-corrected chi connectivity index (χ3v) is 5.13. The number of fused-ring (bicyclic) bond motifs is 1. The SMILES string of the molecule is CC(C)CC(NC(=O)c1ccc(Cl)cc1Cl)C(=O)NCc1ccc2c(c1)OCCO2. The molecule has 2 N–H and O–H groups in total. The van der Waals surface area contributed by atoms with E-state index in [0.29, 0.717) is 42.7 Å². The molecular weight excluding hydrogens is 427 g/mol. The average molecular weight is 451 g/mol. The zero-order valence-corrected chi connectivity index (χ0v) is 18.3. The number of hydrogen-bond donors (Lipinski definition) is 2. The number of hydrogen-bond acceptors (Lipinski definition) is 4. The average Bonchev–Trinajstić information content (AvgIpc) is 2.70. The van der Waals surface area contributed by atoms with E-state index in [-0.39, 0.29) is 22.4 Å². The van der Waals surface area contributed by atoms with Crippen molar-refractivity contribution in [1.29, 1.82) is 0 Å². The lowest BCUT2D eigenvalue weighted by molar-refractivity contribution is -0.123. The molecule has 160 valence electrons. The molecule has 0 aromatic heterocycles. The van der Waals surface area contributed by atoms with E-state index >= 15 is 0 Å². The van der Waals surface area contributed by atoms with Gasteiger partial charge in [0.1, 0.15) is 19.3 Å². The zero-order chi connectivity index (χ0) is 21.7. The van der Waals surface area contributed by atoms with E-state index in [4.69, 9.17) is 32.7 Å². The maximum Gasteiger partial charge on any atom is 0.253 e. The Morgan fingerprint density at radius 1 is 1.03 bits per heavy atom. The summed E-state index contributed by atoms with van der Waals surface area (Å²) in [5.41, 5.74) is 1.15. The van der Waals surface area contributed by atoms with Gasteiger partial charge in [0.25, 0.3) is 5.91 Å². The molecule has 30 heavy (non-hydrogen) atoms. The number of carbonyl (C=O) groups excluding carboxylic acids is 2. The molecule has 3 rings (SSSR count). The second-order valence-corrected chi connectivity index (χ2v) is 8.32. The van der Waals surface area contributed by atoms with Crippen molar-refractivity contribution in [3.63, 3.8) is 0 Å². The largest absolute Gasteiger partial charge is 0.486 e. The molecule has 8 heteroatoms. The molecule has 1 unspecified atom stereocenters.